The Balaban J connectivity index is 2.74. The standard InChI is InChI=1S/C13H10Br2N2O3/c1-7(14)6-17-12(19)10(11(18)16-13(17)20)8-3-2-4-9(15)5-8/h2-5,19H,1,6H2,(H,16,18,20). The molecule has 1 aromatic carbocycles. The van der Waals surface area contributed by atoms with Crippen LogP contribution in [0.2, 0.25) is 0 Å². The molecule has 0 unspecified atom stereocenters. The number of H-pyrrole nitrogens is 1. The maximum Gasteiger partial charge on any atom is 0.331 e. The predicted octanol–water partition coefficient (Wildman–Crippen LogP) is 2.58. The molecule has 0 bridgehead atoms. The second-order valence-corrected chi connectivity index (χ2v) is 6.11. The van der Waals surface area contributed by atoms with E-state index in [0.717, 1.165) is 9.04 Å². The van der Waals surface area contributed by atoms with Crippen molar-refractivity contribution >= 4 is 31.9 Å². The average molecular weight is 402 g/mol. The van der Waals surface area contributed by atoms with Crippen LogP contribution in [0.4, 0.5) is 0 Å². The summed E-state index contributed by atoms with van der Waals surface area (Å²) in [6.07, 6.45) is 0. The van der Waals surface area contributed by atoms with E-state index in [0.29, 0.717) is 10.0 Å². The van der Waals surface area contributed by atoms with Crippen LogP contribution in [0.1, 0.15) is 0 Å². The summed E-state index contributed by atoms with van der Waals surface area (Å²) in [4.78, 5) is 25.8. The molecule has 0 spiro atoms. The molecule has 0 fully saturated rings. The molecule has 0 aliphatic heterocycles. The molecule has 0 aliphatic rings. The van der Waals surface area contributed by atoms with Gasteiger partial charge in [-0.25, -0.2) is 4.79 Å². The minimum Gasteiger partial charge on any atom is -0.494 e. The van der Waals surface area contributed by atoms with E-state index in [9.17, 15) is 14.7 Å². The van der Waals surface area contributed by atoms with E-state index in [1.54, 1.807) is 24.3 Å². The van der Waals surface area contributed by atoms with Gasteiger partial charge in [-0.1, -0.05) is 50.6 Å². The third-order valence-corrected chi connectivity index (χ3v) is 3.36. The molecule has 0 saturated carbocycles. The number of aromatic amines is 1. The second-order valence-electron chi connectivity index (χ2n) is 4.07. The average Bonchev–Trinajstić information content (AvgIpc) is 2.34. The van der Waals surface area contributed by atoms with Gasteiger partial charge in [0.15, 0.2) is 0 Å². The molecule has 2 rings (SSSR count). The summed E-state index contributed by atoms with van der Waals surface area (Å²) in [5.74, 6) is -0.391. The molecular formula is C13H10Br2N2O3. The van der Waals surface area contributed by atoms with Crippen LogP contribution in [0, 0.1) is 0 Å². The Labute approximate surface area is 130 Å². The van der Waals surface area contributed by atoms with Gasteiger partial charge in [0.25, 0.3) is 5.56 Å². The minimum atomic E-state index is -0.688. The molecule has 0 saturated heterocycles. The smallest absolute Gasteiger partial charge is 0.331 e. The van der Waals surface area contributed by atoms with Crippen molar-refractivity contribution in [1.29, 1.82) is 0 Å². The number of aromatic hydroxyl groups is 1. The molecule has 5 nitrogen and oxygen atoms in total. The highest BCUT2D eigenvalue weighted by atomic mass is 79.9. The van der Waals surface area contributed by atoms with Gasteiger partial charge in [-0.05, 0) is 17.7 Å². The number of halogens is 2. The zero-order valence-corrected chi connectivity index (χ0v) is 13.4. The zero-order chi connectivity index (χ0) is 14.9. The fourth-order valence-corrected chi connectivity index (χ4v) is 2.43. The lowest BCUT2D eigenvalue weighted by Gasteiger charge is -2.11. The number of nitrogens with one attached hydrogen (secondary N) is 1. The van der Waals surface area contributed by atoms with Gasteiger partial charge in [-0.15, -0.1) is 0 Å². The lowest BCUT2D eigenvalue weighted by molar-refractivity contribution is 0.413. The van der Waals surface area contributed by atoms with Gasteiger partial charge >= 0.3 is 5.69 Å². The van der Waals surface area contributed by atoms with Crippen molar-refractivity contribution in [3.05, 3.63) is 60.6 Å². The van der Waals surface area contributed by atoms with Crippen molar-refractivity contribution < 1.29 is 5.11 Å². The molecule has 0 aliphatic carbocycles. The van der Waals surface area contributed by atoms with Crippen LogP contribution in [-0.4, -0.2) is 14.7 Å². The normalized spacial score (nSPS) is 10.5. The lowest BCUT2D eigenvalue weighted by Crippen LogP contribution is -2.31. The maximum absolute atomic E-state index is 11.9. The van der Waals surface area contributed by atoms with E-state index >= 15 is 0 Å². The van der Waals surface area contributed by atoms with E-state index in [2.05, 4.69) is 43.4 Å². The van der Waals surface area contributed by atoms with E-state index < -0.39 is 17.1 Å². The Kier molecular flexibility index (Phi) is 4.29. The van der Waals surface area contributed by atoms with Crippen LogP contribution in [0.15, 0.2) is 49.4 Å². The molecule has 20 heavy (non-hydrogen) atoms. The topological polar surface area (TPSA) is 75.1 Å². The number of hydrogen-bond donors (Lipinski definition) is 2. The Morgan fingerprint density at radius 1 is 1.40 bits per heavy atom. The summed E-state index contributed by atoms with van der Waals surface area (Å²) in [5, 5.41) is 10.2. The van der Waals surface area contributed by atoms with Gasteiger partial charge in [-0.2, -0.15) is 0 Å². The molecule has 0 radical (unpaired) electrons. The number of aromatic nitrogens is 2. The van der Waals surface area contributed by atoms with E-state index in [4.69, 9.17) is 0 Å². The molecule has 1 aromatic heterocycles. The first-order valence-corrected chi connectivity index (χ1v) is 7.14. The number of benzene rings is 1. The number of hydrogen-bond acceptors (Lipinski definition) is 3. The molecular weight excluding hydrogens is 392 g/mol. The first kappa shape index (κ1) is 14.8. The molecule has 1 heterocycles. The van der Waals surface area contributed by atoms with Crippen LogP contribution < -0.4 is 11.2 Å². The predicted molar refractivity (Wildman–Crippen MR) is 84.2 cm³/mol. The van der Waals surface area contributed by atoms with Gasteiger partial charge in [-0.3, -0.25) is 14.3 Å². The zero-order valence-electron chi connectivity index (χ0n) is 10.2. The highest BCUT2D eigenvalue weighted by Gasteiger charge is 2.16. The lowest BCUT2D eigenvalue weighted by atomic mass is 10.1. The van der Waals surface area contributed by atoms with Crippen LogP contribution in [-0.2, 0) is 6.54 Å². The molecule has 0 amide bonds. The third-order valence-electron chi connectivity index (χ3n) is 2.61. The summed E-state index contributed by atoms with van der Waals surface area (Å²) in [5.41, 5.74) is -0.777. The highest BCUT2D eigenvalue weighted by Crippen LogP contribution is 2.26. The number of allylic oxidation sites excluding steroid dienone is 1. The van der Waals surface area contributed by atoms with Gasteiger partial charge in [0.05, 0.1) is 6.54 Å². The van der Waals surface area contributed by atoms with Crippen molar-refractivity contribution in [3.63, 3.8) is 0 Å². The molecule has 2 N–H and O–H groups in total. The Hall–Kier alpha value is -1.60. The van der Waals surface area contributed by atoms with Gasteiger partial charge in [0, 0.05) is 8.96 Å². The summed E-state index contributed by atoms with van der Waals surface area (Å²) in [6, 6.07) is 6.89. The van der Waals surface area contributed by atoms with E-state index in [1.165, 1.54) is 0 Å². The molecule has 7 heteroatoms. The SMILES string of the molecule is C=C(Br)Cn1c(O)c(-c2cccc(Br)c2)c(=O)[nH]c1=O. The summed E-state index contributed by atoms with van der Waals surface area (Å²) < 4.78 is 2.30. The van der Waals surface area contributed by atoms with Crippen molar-refractivity contribution in [2.75, 3.05) is 0 Å². The third kappa shape index (κ3) is 2.94. The molecule has 104 valence electrons. The fourth-order valence-electron chi connectivity index (χ4n) is 1.78. The minimum absolute atomic E-state index is 0.0413. The first-order valence-electron chi connectivity index (χ1n) is 5.55. The quantitative estimate of drug-likeness (QED) is 0.829. The maximum atomic E-state index is 11.9. The van der Waals surface area contributed by atoms with Crippen LogP contribution in [0.3, 0.4) is 0 Å². The summed E-state index contributed by atoms with van der Waals surface area (Å²) in [6.45, 7) is 3.68. The van der Waals surface area contributed by atoms with Crippen molar-refractivity contribution in [2.45, 2.75) is 6.54 Å². The van der Waals surface area contributed by atoms with Gasteiger partial charge < -0.3 is 5.11 Å². The highest BCUT2D eigenvalue weighted by molar-refractivity contribution is 9.11. The Morgan fingerprint density at radius 3 is 2.70 bits per heavy atom. The Morgan fingerprint density at radius 2 is 2.10 bits per heavy atom. The molecule has 2 aromatic rings. The number of nitrogens with zero attached hydrogens (tertiary/aromatic N) is 1. The Bertz CT molecular complexity index is 793. The summed E-state index contributed by atoms with van der Waals surface area (Å²) >= 11 is 6.42. The van der Waals surface area contributed by atoms with Crippen LogP contribution in [0.25, 0.3) is 11.1 Å². The first-order chi connectivity index (χ1) is 9.40. The monoisotopic (exact) mass is 400 g/mol. The number of rotatable bonds is 3. The molecule has 0 atom stereocenters. The van der Waals surface area contributed by atoms with Gasteiger partial charge in [0.2, 0.25) is 5.88 Å². The van der Waals surface area contributed by atoms with E-state index in [1.807, 2.05) is 0 Å². The van der Waals surface area contributed by atoms with Gasteiger partial charge in [0.1, 0.15) is 5.56 Å². The summed E-state index contributed by atoms with van der Waals surface area (Å²) in [7, 11) is 0. The second kappa shape index (κ2) is 5.80. The fraction of sp³-hybridized carbons (Fsp3) is 0.0769. The van der Waals surface area contributed by atoms with Crippen LogP contribution in [0.5, 0.6) is 5.88 Å². The van der Waals surface area contributed by atoms with E-state index in [-0.39, 0.29) is 12.1 Å². The van der Waals surface area contributed by atoms with Crippen molar-refractivity contribution in [1.82, 2.24) is 9.55 Å². The largest absolute Gasteiger partial charge is 0.494 e. The van der Waals surface area contributed by atoms with Crippen molar-refractivity contribution in [2.24, 2.45) is 0 Å². The van der Waals surface area contributed by atoms with Crippen molar-refractivity contribution in [3.8, 4) is 17.0 Å². The van der Waals surface area contributed by atoms with Crippen LogP contribution >= 0.6 is 31.9 Å².